The summed E-state index contributed by atoms with van der Waals surface area (Å²) in [4.78, 5) is 12.6. The number of halogens is 1. The van der Waals surface area contributed by atoms with E-state index in [1.165, 1.54) is 11.3 Å². The molecule has 2 aromatic carbocycles. The van der Waals surface area contributed by atoms with E-state index in [9.17, 15) is 8.42 Å². The SMILES string of the molecule is O=S(=O)(c1ccccc1)c1c(-c2nc(-c3ccccn3)cs2)[nH]c2ccc(Cl)cc12. The second kappa shape index (κ2) is 7.36. The average molecular weight is 452 g/mol. The maximum Gasteiger partial charge on any atom is 0.209 e. The van der Waals surface area contributed by atoms with Crippen molar-refractivity contribution in [3.05, 3.63) is 83.3 Å². The molecule has 0 spiro atoms. The highest BCUT2D eigenvalue weighted by Crippen LogP contribution is 2.40. The Morgan fingerprint density at radius 3 is 2.50 bits per heavy atom. The number of hydrogen-bond acceptors (Lipinski definition) is 5. The molecule has 5 aromatic rings. The number of fused-ring (bicyclic) bond motifs is 1. The smallest absolute Gasteiger partial charge is 0.209 e. The van der Waals surface area contributed by atoms with Crippen molar-refractivity contribution in [2.24, 2.45) is 0 Å². The van der Waals surface area contributed by atoms with E-state index >= 15 is 0 Å². The predicted molar refractivity (Wildman–Crippen MR) is 120 cm³/mol. The third-order valence-electron chi connectivity index (χ3n) is 4.68. The topological polar surface area (TPSA) is 75.7 Å². The van der Waals surface area contributed by atoms with Crippen LogP contribution in [0.5, 0.6) is 0 Å². The predicted octanol–water partition coefficient (Wildman–Crippen LogP) is 5.84. The minimum absolute atomic E-state index is 0.174. The molecule has 5 rings (SSSR count). The molecule has 3 aromatic heterocycles. The van der Waals surface area contributed by atoms with Gasteiger partial charge in [-0.3, -0.25) is 4.98 Å². The number of thiazole rings is 1. The Morgan fingerprint density at radius 2 is 1.73 bits per heavy atom. The molecule has 30 heavy (non-hydrogen) atoms. The van der Waals surface area contributed by atoms with Crippen LogP contribution < -0.4 is 0 Å². The number of nitrogens with one attached hydrogen (secondary N) is 1. The third kappa shape index (κ3) is 3.21. The summed E-state index contributed by atoms with van der Waals surface area (Å²) < 4.78 is 27.2. The van der Waals surface area contributed by atoms with Gasteiger partial charge in [0.2, 0.25) is 9.84 Å². The number of benzene rings is 2. The Morgan fingerprint density at radius 1 is 0.933 bits per heavy atom. The van der Waals surface area contributed by atoms with Crippen molar-refractivity contribution in [2.45, 2.75) is 9.79 Å². The van der Waals surface area contributed by atoms with Crippen LogP contribution in [0.2, 0.25) is 5.02 Å². The summed E-state index contributed by atoms with van der Waals surface area (Å²) in [6.45, 7) is 0. The van der Waals surface area contributed by atoms with Crippen LogP contribution in [0, 0.1) is 0 Å². The first-order chi connectivity index (χ1) is 14.5. The Kier molecular flexibility index (Phi) is 4.66. The van der Waals surface area contributed by atoms with E-state index in [4.69, 9.17) is 11.6 Å². The molecule has 0 saturated carbocycles. The minimum Gasteiger partial charge on any atom is -0.351 e. The molecule has 148 valence electrons. The zero-order valence-electron chi connectivity index (χ0n) is 15.4. The molecule has 5 nitrogen and oxygen atoms in total. The third-order valence-corrected chi connectivity index (χ3v) is 7.63. The van der Waals surface area contributed by atoms with Gasteiger partial charge in [0.05, 0.1) is 16.3 Å². The fourth-order valence-corrected chi connectivity index (χ4v) is 5.99. The molecular formula is C22H14ClN3O2S2. The van der Waals surface area contributed by atoms with E-state index in [1.54, 1.807) is 54.7 Å². The lowest BCUT2D eigenvalue weighted by Gasteiger charge is -2.06. The largest absolute Gasteiger partial charge is 0.351 e. The van der Waals surface area contributed by atoms with Crippen LogP contribution in [0.15, 0.2) is 88.1 Å². The summed E-state index contributed by atoms with van der Waals surface area (Å²) in [6, 6.07) is 19.1. The van der Waals surface area contributed by atoms with Crippen molar-refractivity contribution in [1.29, 1.82) is 0 Å². The van der Waals surface area contributed by atoms with E-state index in [0.717, 1.165) is 5.69 Å². The number of aromatic nitrogens is 3. The van der Waals surface area contributed by atoms with Crippen molar-refractivity contribution >= 4 is 43.7 Å². The Hall–Kier alpha value is -3.00. The summed E-state index contributed by atoms with van der Waals surface area (Å²) >= 11 is 7.56. The lowest BCUT2D eigenvalue weighted by atomic mass is 10.2. The van der Waals surface area contributed by atoms with Gasteiger partial charge in [0, 0.05) is 27.5 Å². The highest BCUT2D eigenvalue weighted by Gasteiger charge is 2.28. The molecule has 8 heteroatoms. The Balaban J connectivity index is 1.76. The van der Waals surface area contributed by atoms with Gasteiger partial charge >= 0.3 is 0 Å². The average Bonchev–Trinajstić information content (AvgIpc) is 3.40. The number of aromatic amines is 1. The molecule has 0 aliphatic rings. The first-order valence-electron chi connectivity index (χ1n) is 9.03. The molecule has 0 saturated heterocycles. The van der Waals surface area contributed by atoms with Crippen LogP contribution in [0.1, 0.15) is 0 Å². The monoisotopic (exact) mass is 451 g/mol. The number of nitrogens with zero attached hydrogens (tertiary/aromatic N) is 2. The quantitative estimate of drug-likeness (QED) is 0.372. The molecule has 0 aliphatic carbocycles. The summed E-state index contributed by atoms with van der Waals surface area (Å²) in [6.07, 6.45) is 1.70. The van der Waals surface area contributed by atoms with Crippen molar-refractivity contribution in [1.82, 2.24) is 15.0 Å². The zero-order chi connectivity index (χ0) is 20.7. The van der Waals surface area contributed by atoms with Crippen molar-refractivity contribution in [3.8, 4) is 22.1 Å². The highest BCUT2D eigenvalue weighted by atomic mass is 35.5. The van der Waals surface area contributed by atoms with Gasteiger partial charge in [-0.25, -0.2) is 13.4 Å². The summed E-state index contributed by atoms with van der Waals surface area (Å²) in [5.41, 5.74) is 2.55. The van der Waals surface area contributed by atoms with Gasteiger partial charge < -0.3 is 4.98 Å². The summed E-state index contributed by atoms with van der Waals surface area (Å²) in [5.74, 6) is 0. The first kappa shape index (κ1) is 19.0. The lowest BCUT2D eigenvalue weighted by Crippen LogP contribution is -2.03. The van der Waals surface area contributed by atoms with Crippen molar-refractivity contribution in [3.63, 3.8) is 0 Å². The van der Waals surface area contributed by atoms with Gasteiger partial charge in [0.25, 0.3) is 0 Å². The molecule has 0 bridgehead atoms. The van der Waals surface area contributed by atoms with Crippen LogP contribution >= 0.6 is 22.9 Å². The second-order valence-corrected chi connectivity index (χ2v) is 9.77. The minimum atomic E-state index is -3.81. The molecule has 0 aliphatic heterocycles. The molecule has 0 radical (unpaired) electrons. The Labute approximate surface area is 182 Å². The van der Waals surface area contributed by atoms with Crippen LogP contribution in [0.4, 0.5) is 0 Å². The molecule has 0 unspecified atom stereocenters. The number of rotatable bonds is 4. The molecule has 0 atom stereocenters. The van der Waals surface area contributed by atoms with Crippen LogP contribution in [-0.4, -0.2) is 23.4 Å². The zero-order valence-corrected chi connectivity index (χ0v) is 17.8. The standard InChI is InChI=1S/C22H14ClN3O2S2/c23-14-9-10-17-16(12-14)21(30(27,28)15-6-2-1-3-7-15)20(25-17)22-26-19(13-29-22)18-8-4-5-11-24-18/h1-13,25H. The summed E-state index contributed by atoms with van der Waals surface area (Å²) in [5, 5.41) is 3.44. The lowest BCUT2D eigenvalue weighted by molar-refractivity contribution is 0.597. The van der Waals surface area contributed by atoms with Gasteiger partial charge in [0.15, 0.2) is 0 Å². The van der Waals surface area contributed by atoms with Crippen molar-refractivity contribution in [2.75, 3.05) is 0 Å². The number of hydrogen-bond donors (Lipinski definition) is 1. The molecular weight excluding hydrogens is 438 g/mol. The van der Waals surface area contributed by atoms with E-state index in [0.29, 0.717) is 32.3 Å². The summed E-state index contributed by atoms with van der Waals surface area (Å²) in [7, 11) is -3.81. The van der Waals surface area contributed by atoms with Crippen LogP contribution in [0.3, 0.4) is 0 Å². The second-order valence-electron chi connectivity index (χ2n) is 6.59. The van der Waals surface area contributed by atoms with Gasteiger partial charge in [-0.15, -0.1) is 11.3 Å². The number of sulfone groups is 1. The van der Waals surface area contributed by atoms with E-state index in [1.807, 2.05) is 23.6 Å². The Bertz CT molecular complexity index is 1460. The van der Waals surface area contributed by atoms with Gasteiger partial charge in [-0.2, -0.15) is 0 Å². The van der Waals surface area contributed by atoms with Crippen LogP contribution in [0.25, 0.3) is 33.0 Å². The van der Waals surface area contributed by atoms with Crippen molar-refractivity contribution < 1.29 is 8.42 Å². The molecule has 1 N–H and O–H groups in total. The maximum atomic E-state index is 13.6. The van der Waals surface area contributed by atoms with E-state index in [2.05, 4.69) is 15.0 Å². The molecule has 3 heterocycles. The van der Waals surface area contributed by atoms with Gasteiger partial charge in [-0.1, -0.05) is 35.9 Å². The molecule has 0 fully saturated rings. The van der Waals surface area contributed by atoms with E-state index < -0.39 is 9.84 Å². The number of pyridine rings is 1. The molecule has 0 amide bonds. The van der Waals surface area contributed by atoms with Crippen LogP contribution in [-0.2, 0) is 9.84 Å². The highest BCUT2D eigenvalue weighted by molar-refractivity contribution is 7.92. The fraction of sp³-hybridized carbons (Fsp3) is 0. The fourth-order valence-electron chi connectivity index (χ4n) is 3.31. The van der Waals surface area contributed by atoms with Gasteiger partial charge in [0.1, 0.15) is 15.6 Å². The maximum absolute atomic E-state index is 13.6. The van der Waals surface area contributed by atoms with E-state index in [-0.39, 0.29) is 9.79 Å². The first-order valence-corrected chi connectivity index (χ1v) is 11.8. The van der Waals surface area contributed by atoms with Gasteiger partial charge in [-0.05, 0) is 42.5 Å². The normalized spacial score (nSPS) is 11.8. The number of H-pyrrole nitrogens is 1.